The van der Waals surface area contributed by atoms with Gasteiger partial charge in [-0.3, -0.25) is 10.1 Å². The zero-order chi connectivity index (χ0) is 20.8. The van der Waals surface area contributed by atoms with Crippen molar-refractivity contribution in [2.45, 2.75) is 26.3 Å². The number of benzene rings is 1. The molecular weight excluding hydrogens is 374 g/mol. The lowest BCUT2D eigenvalue weighted by Crippen LogP contribution is -2.44. The molecule has 2 aromatic heterocycles. The lowest BCUT2D eigenvalue weighted by atomic mass is 10.1. The minimum atomic E-state index is -0.719. The number of ether oxygens (including phenoxy) is 1. The third-order valence-electron chi connectivity index (χ3n) is 4.29. The maximum Gasteiger partial charge on any atom is 0.339 e. The van der Waals surface area contributed by atoms with Gasteiger partial charge in [0.05, 0.1) is 17.3 Å². The number of carbonyl (C=O) groups excluding carboxylic acids is 3. The second-order valence-electron chi connectivity index (χ2n) is 6.46. The predicted molar refractivity (Wildman–Crippen MR) is 106 cm³/mol. The molecule has 29 heavy (non-hydrogen) atoms. The van der Waals surface area contributed by atoms with E-state index in [9.17, 15) is 14.4 Å². The largest absolute Gasteiger partial charge is 0.463 e. The molecule has 0 spiro atoms. The quantitative estimate of drug-likeness (QED) is 0.620. The third kappa shape index (κ3) is 4.98. The monoisotopic (exact) mass is 395 g/mol. The van der Waals surface area contributed by atoms with Gasteiger partial charge in [0.2, 0.25) is 0 Å². The molecule has 2 heterocycles. The van der Waals surface area contributed by atoms with Gasteiger partial charge in [0.1, 0.15) is 5.69 Å². The summed E-state index contributed by atoms with van der Waals surface area (Å²) in [4.78, 5) is 40.7. The predicted octanol–water partition coefficient (Wildman–Crippen LogP) is 3.28. The summed E-state index contributed by atoms with van der Waals surface area (Å²) in [5.74, 6) is -0.915. The molecule has 1 atom stereocenters. The zero-order valence-electron chi connectivity index (χ0n) is 16.1. The van der Waals surface area contributed by atoms with E-state index < -0.39 is 24.5 Å². The fourth-order valence-electron chi connectivity index (χ4n) is 2.63. The van der Waals surface area contributed by atoms with Crippen LogP contribution in [-0.2, 0) is 9.53 Å². The topological polar surface area (TPSA) is 111 Å². The minimum absolute atomic E-state index is 0.0754. The van der Waals surface area contributed by atoms with E-state index >= 15 is 0 Å². The number of para-hydroxylation sites is 1. The Morgan fingerprint density at radius 1 is 1.17 bits per heavy atom. The molecule has 8 nitrogen and oxygen atoms in total. The molecule has 8 heteroatoms. The summed E-state index contributed by atoms with van der Waals surface area (Å²) in [5.41, 5.74) is 1.31. The molecule has 1 aromatic carbocycles. The fraction of sp³-hybridized carbons (Fsp3) is 0.238. The molecule has 0 bridgehead atoms. The Balaban J connectivity index is 1.73. The minimum Gasteiger partial charge on any atom is -0.463 e. The number of nitrogens with one attached hydrogen (secondary N) is 2. The fourth-order valence-corrected chi connectivity index (χ4v) is 2.63. The summed E-state index contributed by atoms with van der Waals surface area (Å²) in [5, 5.41) is 5.31. The summed E-state index contributed by atoms with van der Waals surface area (Å²) in [7, 11) is 0. The first-order valence-electron chi connectivity index (χ1n) is 9.19. The highest BCUT2D eigenvalue weighted by Gasteiger charge is 2.18. The summed E-state index contributed by atoms with van der Waals surface area (Å²) >= 11 is 0. The van der Waals surface area contributed by atoms with E-state index in [4.69, 9.17) is 9.15 Å². The molecule has 2 N–H and O–H groups in total. The number of urea groups is 1. The van der Waals surface area contributed by atoms with Crippen molar-refractivity contribution in [2.75, 3.05) is 6.61 Å². The first-order chi connectivity index (χ1) is 14.0. The van der Waals surface area contributed by atoms with Crippen LogP contribution in [-0.4, -0.2) is 35.5 Å². The highest BCUT2D eigenvalue weighted by molar-refractivity contribution is 6.05. The highest BCUT2D eigenvalue weighted by Crippen LogP contribution is 2.25. The van der Waals surface area contributed by atoms with Crippen molar-refractivity contribution < 1.29 is 23.5 Å². The Kier molecular flexibility index (Phi) is 6.23. The Labute approximate surface area is 167 Å². The molecule has 0 saturated carbocycles. The van der Waals surface area contributed by atoms with Crippen LogP contribution in [0.4, 0.5) is 4.79 Å². The van der Waals surface area contributed by atoms with E-state index in [1.165, 1.54) is 6.26 Å². The van der Waals surface area contributed by atoms with Crippen LogP contribution < -0.4 is 10.6 Å². The van der Waals surface area contributed by atoms with Gasteiger partial charge in [-0.15, -0.1) is 0 Å². The van der Waals surface area contributed by atoms with Crippen LogP contribution >= 0.6 is 0 Å². The summed E-state index contributed by atoms with van der Waals surface area (Å²) in [6, 6.07) is 11.4. The molecule has 150 valence electrons. The number of hydrogen-bond donors (Lipinski definition) is 2. The van der Waals surface area contributed by atoms with Gasteiger partial charge in [0.15, 0.2) is 12.4 Å². The van der Waals surface area contributed by atoms with Crippen molar-refractivity contribution >= 4 is 28.8 Å². The number of amides is 3. The van der Waals surface area contributed by atoms with Gasteiger partial charge in [-0.1, -0.05) is 25.1 Å². The zero-order valence-corrected chi connectivity index (χ0v) is 16.1. The Hall–Kier alpha value is -3.68. The molecule has 0 aliphatic rings. The third-order valence-corrected chi connectivity index (χ3v) is 4.29. The van der Waals surface area contributed by atoms with E-state index in [0.717, 1.165) is 6.42 Å². The molecule has 3 amide bonds. The van der Waals surface area contributed by atoms with Crippen molar-refractivity contribution in [3.05, 3.63) is 54.3 Å². The van der Waals surface area contributed by atoms with Gasteiger partial charge < -0.3 is 14.5 Å². The number of pyridine rings is 1. The SMILES string of the molecule is CC[C@H](C)NC(=O)NC(=O)COC(=O)c1cc(-c2ccco2)nc2ccccc12. The lowest BCUT2D eigenvalue weighted by Gasteiger charge is -2.12. The molecule has 3 rings (SSSR count). The number of furan rings is 1. The van der Waals surface area contributed by atoms with Gasteiger partial charge in [-0.2, -0.15) is 0 Å². The number of aromatic nitrogens is 1. The molecular formula is C21H21N3O5. The van der Waals surface area contributed by atoms with E-state index in [2.05, 4.69) is 15.6 Å². The van der Waals surface area contributed by atoms with Crippen LogP contribution in [0.15, 0.2) is 53.1 Å². The normalized spacial score (nSPS) is 11.7. The standard InChI is InChI=1S/C21H21N3O5/c1-3-13(2)22-21(27)24-19(25)12-29-20(26)15-11-17(18-9-6-10-28-18)23-16-8-5-4-7-14(15)16/h4-11,13H,3,12H2,1-2H3,(H2,22,24,25,27)/t13-/m0/s1. The second-order valence-corrected chi connectivity index (χ2v) is 6.46. The van der Waals surface area contributed by atoms with Crippen molar-refractivity contribution in [2.24, 2.45) is 0 Å². The van der Waals surface area contributed by atoms with Crippen molar-refractivity contribution in [1.29, 1.82) is 0 Å². The molecule has 0 fully saturated rings. The molecule has 0 unspecified atom stereocenters. The number of esters is 1. The number of hydrogen-bond acceptors (Lipinski definition) is 6. The average Bonchev–Trinajstić information content (AvgIpc) is 3.25. The summed E-state index contributed by atoms with van der Waals surface area (Å²) < 4.78 is 10.5. The Bertz CT molecular complexity index is 1030. The summed E-state index contributed by atoms with van der Waals surface area (Å²) in [6.07, 6.45) is 2.24. The number of fused-ring (bicyclic) bond motifs is 1. The maximum absolute atomic E-state index is 12.6. The average molecular weight is 395 g/mol. The molecule has 0 aliphatic carbocycles. The van der Waals surface area contributed by atoms with E-state index in [1.54, 1.807) is 42.5 Å². The number of nitrogens with zero attached hydrogens (tertiary/aromatic N) is 1. The first kappa shape index (κ1) is 20.1. The highest BCUT2D eigenvalue weighted by atomic mass is 16.5. The van der Waals surface area contributed by atoms with Gasteiger partial charge in [0.25, 0.3) is 5.91 Å². The maximum atomic E-state index is 12.6. The van der Waals surface area contributed by atoms with Gasteiger partial charge in [-0.25, -0.2) is 14.6 Å². The lowest BCUT2D eigenvalue weighted by molar-refractivity contribution is -0.123. The van der Waals surface area contributed by atoms with Crippen LogP contribution in [0.1, 0.15) is 30.6 Å². The van der Waals surface area contributed by atoms with Crippen LogP contribution in [0.3, 0.4) is 0 Å². The van der Waals surface area contributed by atoms with Gasteiger partial charge in [0, 0.05) is 11.4 Å². The molecule has 0 aliphatic heterocycles. The number of rotatable bonds is 6. The van der Waals surface area contributed by atoms with Gasteiger partial charge in [-0.05, 0) is 37.6 Å². The van der Waals surface area contributed by atoms with Gasteiger partial charge >= 0.3 is 12.0 Å². The summed E-state index contributed by atoms with van der Waals surface area (Å²) in [6.45, 7) is 3.14. The second kappa shape index (κ2) is 9.01. The van der Waals surface area contributed by atoms with Crippen molar-refractivity contribution in [3.8, 4) is 11.5 Å². The number of imide groups is 1. The Morgan fingerprint density at radius 3 is 2.69 bits per heavy atom. The van der Waals surface area contributed by atoms with Crippen LogP contribution in [0.5, 0.6) is 0 Å². The van der Waals surface area contributed by atoms with Crippen LogP contribution in [0.2, 0.25) is 0 Å². The van der Waals surface area contributed by atoms with E-state index in [-0.39, 0.29) is 11.6 Å². The van der Waals surface area contributed by atoms with E-state index in [1.807, 2.05) is 13.8 Å². The number of carbonyl (C=O) groups is 3. The molecule has 0 radical (unpaired) electrons. The molecule has 0 saturated heterocycles. The Morgan fingerprint density at radius 2 is 1.97 bits per heavy atom. The van der Waals surface area contributed by atoms with Crippen LogP contribution in [0, 0.1) is 0 Å². The first-order valence-corrected chi connectivity index (χ1v) is 9.19. The van der Waals surface area contributed by atoms with E-state index in [0.29, 0.717) is 22.4 Å². The van der Waals surface area contributed by atoms with Crippen LogP contribution in [0.25, 0.3) is 22.4 Å². The molecule has 3 aromatic rings. The smallest absolute Gasteiger partial charge is 0.339 e. The van der Waals surface area contributed by atoms with Crippen molar-refractivity contribution in [1.82, 2.24) is 15.6 Å². The van der Waals surface area contributed by atoms with Crippen molar-refractivity contribution in [3.63, 3.8) is 0 Å².